The van der Waals surface area contributed by atoms with Crippen LogP contribution in [0, 0.1) is 0 Å². The number of nitrogens with one attached hydrogen (secondary N) is 1. The molecule has 0 unspecified atom stereocenters. The standard InChI is InChI=1S/C5H4N2OS/c8-4-1-3-2-6-9-5(3)7-4/h2H,1H2,(H,7,8). The van der Waals surface area contributed by atoms with Crippen LogP contribution in [0.1, 0.15) is 5.56 Å². The Kier molecular flexibility index (Phi) is 0.843. The molecule has 1 N–H and O–H groups in total. The van der Waals surface area contributed by atoms with Crippen molar-refractivity contribution in [3.05, 3.63) is 11.8 Å². The lowest BCUT2D eigenvalue weighted by Crippen LogP contribution is -2.03. The van der Waals surface area contributed by atoms with E-state index in [-0.39, 0.29) is 5.91 Å². The van der Waals surface area contributed by atoms with Crippen molar-refractivity contribution in [3.63, 3.8) is 0 Å². The summed E-state index contributed by atoms with van der Waals surface area (Å²) < 4.78 is 3.91. The first-order chi connectivity index (χ1) is 4.36. The van der Waals surface area contributed by atoms with Gasteiger partial charge in [0.25, 0.3) is 0 Å². The molecule has 0 bridgehead atoms. The quantitative estimate of drug-likeness (QED) is 0.574. The van der Waals surface area contributed by atoms with E-state index in [0.717, 1.165) is 10.6 Å². The molecule has 0 radical (unpaired) electrons. The van der Waals surface area contributed by atoms with Crippen LogP contribution in [0.25, 0.3) is 0 Å². The Morgan fingerprint density at radius 2 is 2.67 bits per heavy atom. The lowest BCUT2D eigenvalue weighted by Gasteiger charge is -1.83. The van der Waals surface area contributed by atoms with Gasteiger partial charge in [-0.1, -0.05) is 0 Å². The van der Waals surface area contributed by atoms with Gasteiger partial charge in [0.2, 0.25) is 5.91 Å². The van der Waals surface area contributed by atoms with Crippen molar-refractivity contribution in [2.45, 2.75) is 6.42 Å². The zero-order valence-corrected chi connectivity index (χ0v) is 5.36. The van der Waals surface area contributed by atoms with Crippen LogP contribution in [0.5, 0.6) is 0 Å². The van der Waals surface area contributed by atoms with Gasteiger partial charge < -0.3 is 5.32 Å². The summed E-state index contributed by atoms with van der Waals surface area (Å²) >= 11 is 1.33. The molecule has 0 fully saturated rings. The summed E-state index contributed by atoms with van der Waals surface area (Å²) in [6.45, 7) is 0. The second-order valence-corrected chi connectivity index (χ2v) is 2.71. The third-order valence-electron chi connectivity index (χ3n) is 1.25. The van der Waals surface area contributed by atoms with Gasteiger partial charge >= 0.3 is 0 Å². The maximum atomic E-state index is 10.6. The first-order valence-corrected chi connectivity index (χ1v) is 3.37. The van der Waals surface area contributed by atoms with Gasteiger partial charge in [-0.15, -0.1) is 0 Å². The predicted octanol–water partition coefficient (Wildman–Crippen LogP) is 0.638. The largest absolute Gasteiger partial charge is 0.316 e. The van der Waals surface area contributed by atoms with Crippen molar-refractivity contribution in [1.82, 2.24) is 4.37 Å². The number of hydrogen-bond donors (Lipinski definition) is 1. The summed E-state index contributed by atoms with van der Waals surface area (Å²) in [6.07, 6.45) is 2.24. The Bertz CT molecular complexity index is 233. The van der Waals surface area contributed by atoms with Crippen molar-refractivity contribution in [3.8, 4) is 0 Å². The van der Waals surface area contributed by atoms with Crippen LogP contribution in [0.3, 0.4) is 0 Å². The number of anilines is 1. The first kappa shape index (κ1) is 4.93. The Morgan fingerprint density at radius 3 is 3.44 bits per heavy atom. The second-order valence-electron chi connectivity index (χ2n) is 1.91. The topological polar surface area (TPSA) is 42.0 Å². The summed E-state index contributed by atoms with van der Waals surface area (Å²) in [4.78, 5) is 10.6. The van der Waals surface area contributed by atoms with Gasteiger partial charge in [0, 0.05) is 11.8 Å². The normalized spacial score (nSPS) is 15.3. The number of amides is 1. The van der Waals surface area contributed by atoms with E-state index in [1.165, 1.54) is 11.5 Å². The summed E-state index contributed by atoms with van der Waals surface area (Å²) in [5, 5.41) is 3.61. The monoisotopic (exact) mass is 140 g/mol. The van der Waals surface area contributed by atoms with Gasteiger partial charge in [0.05, 0.1) is 6.42 Å². The fourth-order valence-electron chi connectivity index (χ4n) is 0.833. The molecule has 0 spiro atoms. The average Bonchev–Trinajstić information content (AvgIpc) is 2.22. The molecular weight excluding hydrogens is 136 g/mol. The van der Waals surface area contributed by atoms with E-state index in [1.807, 2.05) is 0 Å². The summed E-state index contributed by atoms with van der Waals surface area (Å²) in [5.74, 6) is 0.0821. The summed E-state index contributed by atoms with van der Waals surface area (Å²) in [5.41, 5.74) is 1.03. The Balaban J connectivity index is 2.49. The van der Waals surface area contributed by atoms with Crippen molar-refractivity contribution >= 4 is 22.4 Å². The molecule has 1 aliphatic rings. The Hall–Kier alpha value is -0.900. The molecule has 1 aromatic rings. The van der Waals surface area contributed by atoms with Crippen LogP contribution < -0.4 is 5.32 Å². The fraction of sp³-hybridized carbons (Fsp3) is 0.200. The van der Waals surface area contributed by atoms with Gasteiger partial charge in [-0.25, -0.2) is 0 Å². The summed E-state index contributed by atoms with van der Waals surface area (Å²) in [6, 6.07) is 0. The van der Waals surface area contributed by atoms with Gasteiger partial charge in [0.15, 0.2) is 0 Å². The number of hydrogen-bond acceptors (Lipinski definition) is 3. The highest BCUT2D eigenvalue weighted by Crippen LogP contribution is 2.25. The molecule has 1 amide bonds. The SMILES string of the molecule is O=C1Cc2cnsc2N1. The number of carbonyl (C=O) groups is 1. The molecule has 9 heavy (non-hydrogen) atoms. The van der Waals surface area contributed by atoms with E-state index >= 15 is 0 Å². The molecule has 2 rings (SSSR count). The third-order valence-corrected chi connectivity index (χ3v) is 2.01. The Labute approximate surface area is 55.9 Å². The minimum atomic E-state index is 0.0821. The third kappa shape index (κ3) is 0.632. The molecule has 2 heterocycles. The van der Waals surface area contributed by atoms with E-state index < -0.39 is 0 Å². The molecule has 0 saturated heterocycles. The number of rotatable bonds is 0. The van der Waals surface area contributed by atoms with E-state index in [0.29, 0.717) is 6.42 Å². The van der Waals surface area contributed by atoms with Gasteiger partial charge in [0.1, 0.15) is 5.00 Å². The Morgan fingerprint density at radius 1 is 1.78 bits per heavy atom. The van der Waals surface area contributed by atoms with E-state index in [9.17, 15) is 4.79 Å². The highest BCUT2D eigenvalue weighted by atomic mass is 32.1. The molecular formula is C5H4N2OS. The van der Waals surface area contributed by atoms with Crippen molar-refractivity contribution in [2.75, 3.05) is 5.32 Å². The molecule has 3 nitrogen and oxygen atoms in total. The van der Waals surface area contributed by atoms with Gasteiger partial charge in [-0.2, -0.15) is 4.37 Å². The molecule has 1 aliphatic heterocycles. The fourth-order valence-corrected chi connectivity index (χ4v) is 1.52. The van der Waals surface area contributed by atoms with Crippen LogP contribution in [-0.2, 0) is 11.2 Å². The van der Waals surface area contributed by atoms with Crippen LogP contribution >= 0.6 is 11.5 Å². The van der Waals surface area contributed by atoms with Gasteiger partial charge in [-0.05, 0) is 11.5 Å². The molecule has 4 heteroatoms. The van der Waals surface area contributed by atoms with Crippen molar-refractivity contribution < 1.29 is 4.79 Å². The van der Waals surface area contributed by atoms with Gasteiger partial charge in [-0.3, -0.25) is 4.79 Å². The first-order valence-electron chi connectivity index (χ1n) is 2.59. The molecule has 0 saturated carbocycles. The van der Waals surface area contributed by atoms with E-state index in [1.54, 1.807) is 6.20 Å². The molecule has 0 aromatic carbocycles. The molecule has 0 atom stereocenters. The van der Waals surface area contributed by atoms with E-state index in [2.05, 4.69) is 9.69 Å². The van der Waals surface area contributed by atoms with Crippen LogP contribution in [0.2, 0.25) is 0 Å². The minimum Gasteiger partial charge on any atom is -0.316 e. The zero-order chi connectivity index (χ0) is 6.27. The highest BCUT2D eigenvalue weighted by Gasteiger charge is 2.18. The zero-order valence-electron chi connectivity index (χ0n) is 4.55. The number of aromatic nitrogens is 1. The highest BCUT2D eigenvalue weighted by molar-refractivity contribution is 7.10. The lowest BCUT2D eigenvalue weighted by molar-refractivity contribution is -0.115. The average molecular weight is 140 g/mol. The molecule has 46 valence electrons. The number of nitrogens with zero attached hydrogens (tertiary/aromatic N) is 1. The van der Waals surface area contributed by atoms with Crippen molar-refractivity contribution in [2.24, 2.45) is 0 Å². The number of fused-ring (bicyclic) bond motifs is 1. The lowest BCUT2D eigenvalue weighted by atomic mass is 10.3. The smallest absolute Gasteiger partial charge is 0.229 e. The van der Waals surface area contributed by atoms with E-state index in [4.69, 9.17) is 0 Å². The maximum absolute atomic E-state index is 10.6. The van der Waals surface area contributed by atoms with Crippen LogP contribution in [-0.4, -0.2) is 10.3 Å². The maximum Gasteiger partial charge on any atom is 0.229 e. The predicted molar refractivity (Wildman–Crippen MR) is 34.4 cm³/mol. The minimum absolute atomic E-state index is 0.0821. The van der Waals surface area contributed by atoms with Crippen LogP contribution in [0.4, 0.5) is 5.00 Å². The molecule has 0 aliphatic carbocycles. The number of carbonyl (C=O) groups excluding carboxylic acids is 1. The molecule has 1 aromatic heterocycles. The second kappa shape index (κ2) is 1.54. The summed E-state index contributed by atoms with van der Waals surface area (Å²) in [7, 11) is 0. The van der Waals surface area contributed by atoms with Crippen LogP contribution in [0.15, 0.2) is 6.20 Å². The van der Waals surface area contributed by atoms with Crippen molar-refractivity contribution in [1.29, 1.82) is 0 Å².